The lowest BCUT2D eigenvalue weighted by Crippen LogP contribution is -2.70. The van der Waals surface area contributed by atoms with E-state index in [-0.39, 0.29) is 25.4 Å². The van der Waals surface area contributed by atoms with Gasteiger partial charge in [0.2, 0.25) is 17.7 Å². The lowest BCUT2D eigenvalue weighted by Gasteiger charge is -2.49. The van der Waals surface area contributed by atoms with Crippen molar-refractivity contribution < 1.29 is 28.7 Å². The van der Waals surface area contributed by atoms with Crippen LogP contribution in [-0.2, 0) is 41.7 Å². The Kier molecular flexibility index (Phi) is 7.39. The van der Waals surface area contributed by atoms with E-state index in [0.29, 0.717) is 0 Å². The largest absolute Gasteiger partial charge is 0.468 e. The number of rotatable bonds is 8. The lowest BCUT2D eigenvalue weighted by atomic mass is 9.74. The van der Waals surface area contributed by atoms with Crippen molar-refractivity contribution in [1.29, 1.82) is 0 Å². The van der Waals surface area contributed by atoms with E-state index in [1.807, 2.05) is 91.0 Å². The molecular formula is C34H31N3O6. The zero-order valence-corrected chi connectivity index (χ0v) is 23.7. The Labute approximate surface area is 249 Å². The van der Waals surface area contributed by atoms with Crippen molar-refractivity contribution in [3.63, 3.8) is 0 Å². The summed E-state index contributed by atoms with van der Waals surface area (Å²) in [5, 5.41) is 0. The van der Waals surface area contributed by atoms with Gasteiger partial charge in [0, 0.05) is 13.0 Å². The molecule has 0 N–H and O–H groups in total. The van der Waals surface area contributed by atoms with E-state index in [1.165, 1.54) is 16.9 Å². The third-order valence-corrected chi connectivity index (χ3v) is 8.64. The van der Waals surface area contributed by atoms with Crippen LogP contribution in [0.2, 0.25) is 0 Å². The number of methoxy groups -OCH3 is 1. The van der Waals surface area contributed by atoms with Gasteiger partial charge in [0.05, 0.1) is 25.0 Å². The number of fused-ring (bicyclic) bond motifs is 3. The second kappa shape index (κ2) is 11.3. The minimum atomic E-state index is -1.68. The van der Waals surface area contributed by atoms with Gasteiger partial charge in [-0.3, -0.25) is 28.9 Å². The van der Waals surface area contributed by atoms with Crippen LogP contribution in [0, 0.1) is 11.8 Å². The van der Waals surface area contributed by atoms with Crippen molar-refractivity contribution >= 4 is 35.7 Å². The van der Waals surface area contributed by atoms with Crippen LogP contribution in [0.3, 0.4) is 0 Å². The highest BCUT2D eigenvalue weighted by molar-refractivity contribution is 6.14. The normalized spacial score (nSPS) is 25.0. The molecule has 3 aliphatic rings. The molecule has 0 spiro atoms. The van der Waals surface area contributed by atoms with E-state index in [4.69, 9.17) is 4.74 Å². The Bertz CT molecular complexity index is 1590. The summed E-state index contributed by atoms with van der Waals surface area (Å²) in [5.74, 6) is -4.98. The number of esters is 1. The highest BCUT2D eigenvalue weighted by atomic mass is 16.5. The molecule has 0 aromatic heterocycles. The Balaban J connectivity index is 1.51. The predicted molar refractivity (Wildman–Crippen MR) is 157 cm³/mol. The SMILES string of the molecule is COC(=O)CN1C(=O)[C@H]2[C@@H](/C=C/c3ccccc3)N3C(=O)CN(Cc4ccccc4)C(=O)[C@@]3(Cc3ccccc3)[C@H]2C1=O. The molecule has 4 amide bonds. The van der Waals surface area contributed by atoms with Gasteiger partial charge in [-0.25, -0.2) is 0 Å². The summed E-state index contributed by atoms with van der Waals surface area (Å²) in [7, 11) is 1.18. The summed E-state index contributed by atoms with van der Waals surface area (Å²) in [6, 6.07) is 27.0. The van der Waals surface area contributed by atoms with Crippen LogP contribution in [0.15, 0.2) is 97.1 Å². The summed E-state index contributed by atoms with van der Waals surface area (Å²) < 4.78 is 4.77. The molecule has 3 heterocycles. The van der Waals surface area contributed by atoms with Crippen LogP contribution in [0.5, 0.6) is 0 Å². The molecule has 9 nitrogen and oxygen atoms in total. The number of imide groups is 1. The number of carbonyl (C=O) groups is 5. The molecule has 3 saturated heterocycles. The third-order valence-electron chi connectivity index (χ3n) is 8.64. The zero-order valence-electron chi connectivity index (χ0n) is 23.7. The van der Waals surface area contributed by atoms with Crippen molar-refractivity contribution in [2.75, 3.05) is 20.2 Å². The molecule has 3 aliphatic heterocycles. The molecule has 43 heavy (non-hydrogen) atoms. The van der Waals surface area contributed by atoms with E-state index >= 15 is 0 Å². The third kappa shape index (κ3) is 4.80. The minimum absolute atomic E-state index is 0.0334. The average molecular weight is 578 g/mol. The van der Waals surface area contributed by atoms with Crippen molar-refractivity contribution in [2.45, 2.75) is 24.5 Å². The second-order valence-corrected chi connectivity index (χ2v) is 11.1. The number of hydrogen-bond donors (Lipinski definition) is 0. The van der Waals surface area contributed by atoms with Crippen LogP contribution in [-0.4, -0.2) is 76.1 Å². The fraction of sp³-hybridized carbons (Fsp3) is 0.265. The number of piperazine rings is 1. The molecule has 0 saturated carbocycles. The number of carbonyl (C=O) groups excluding carboxylic acids is 5. The van der Waals surface area contributed by atoms with Crippen molar-refractivity contribution in [3.05, 3.63) is 114 Å². The van der Waals surface area contributed by atoms with Gasteiger partial charge in [-0.1, -0.05) is 103 Å². The van der Waals surface area contributed by atoms with E-state index in [9.17, 15) is 24.0 Å². The van der Waals surface area contributed by atoms with Crippen LogP contribution in [0.1, 0.15) is 16.7 Å². The van der Waals surface area contributed by atoms with Gasteiger partial charge >= 0.3 is 5.97 Å². The topological polar surface area (TPSA) is 104 Å². The predicted octanol–water partition coefficient (Wildman–Crippen LogP) is 2.71. The number of benzene rings is 3. The quantitative estimate of drug-likeness (QED) is 0.301. The summed E-state index contributed by atoms with van der Waals surface area (Å²) >= 11 is 0. The van der Waals surface area contributed by atoms with Crippen LogP contribution in [0.4, 0.5) is 0 Å². The summed E-state index contributed by atoms with van der Waals surface area (Å²) in [6.45, 7) is -0.576. The fourth-order valence-electron chi connectivity index (χ4n) is 6.82. The number of hydrogen-bond acceptors (Lipinski definition) is 6. The molecular weight excluding hydrogens is 546 g/mol. The number of likely N-dealkylation sites (tertiary alicyclic amines) is 1. The summed E-state index contributed by atoms with van der Waals surface area (Å²) in [4.78, 5) is 73.3. The first kappa shape index (κ1) is 28.1. The molecule has 218 valence electrons. The highest BCUT2D eigenvalue weighted by Gasteiger charge is 2.74. The molecule has 3 aromatic rings. The maximum atomic E-state index is 14.8. The average Bonchev–Trinajstić information content (AvgIpc) is 3.46. The van der Waals surface area contributed by atoms with Crippen LogP contribution >= 0.6 is 0 Å². The summed E-state index contributed by atoms with van der Waals surface area (Å²) in [5.41, 5.74) is 0.736. The lowest BCUT2D eigenvalue weighted by molar-refractivity contribution is -0.169. The first-order valence-corrected chi connectivity index (χ1v) is 14.2. The van der Waals surface area contributed by atoms with Gasteiger partial charge in [0.15, 0.2) is 0 Å². The molecule has 4 atom stereocenters. The second-order valence-electron chi connectivity index (χ2n) is 11.1. The Morgan fingerprint density at radius 3 is 2.09 bits per heavy atom. The first-order valence-electron chi connectivity index (χ1n) is 14.2. The molecule has 0 bridgehead atoms. The molecule has 3 aromatic carbocycles. The van der Waals surface area contributed by atoms with Crippen LogP contribution in [0.25, 0.3) is 6.08 Å². The highest BCUT2D eigenvalue weighted by Crippen LogP contribution is 2.53. The van der Waals surface area contributed by atoms with Crippen molar-refractivity contribution in [2.24, 2.45) is 11.8 Å². The van der Waals surface area contributed by atoms with Crippen LogP contribution < -0.4 is 0 Å². The Morgan fingerprint density at radius 2 is 1.47 bits per heavy atom. The zero-order chi connectivity index (χ0) is 30.1. The van der Waals surface area contributed by atoms with E-state index in [2.05, 4.69) is 0 Å². The molecule has 0 radical (unpaired) electrons. The Morgan fingerprint density at radius 1 is 0.860 bits per heavy atom. The molecule has 6 rings (SSSR count). The molecule has 3 fully saturated rings. The van der Waals surface area contributed by atoms with Gasteiger partial charge in [-0.2, -0.15) is 0 Å². The molecule has 9 heteroatoms. The summed E-state index contributed by atoms with van der Waals surface area (Å²) in [6.07, 6.45) is 3.57. The van der Waals surface area contributed by atoms with Crippen molar-refractivity contribution in [3.8, 4) is 0 Å². The smallest absolute Gasteiger partial charge is 0.325 e. The van der Waals surface area contributed by atoms with E-state index in [1.54, 1.807) is 12.2 Å². The van der Waals surface area contributed by atoms with Gasteiger partial charge in [0.1, 0.15) is 18.6 Å². The first-order chi connectivity index (χ1) is 20.8. The number of amides is 4. The van der Waals surface area contributed by atoms with E-state index in [0.717, 1.165) is 21.6 Å². The monoisotopic (exact) mass is 577 g/mol. The maximum Gasteiger partial charge on any atom is 0.325 e. The fourth-order valence-corrected chi connectivity index (χ4v) is 6.82. The minimum Gasteiger partial charge on any atom is -0.468 e. The Hall–Kier alpha value is -5.05. The number of nitrogens with zero attached hydrogens (tertiary/aromatic N) is 3. The van der Waals surface area contributed by atoms with Gasteiger partial charge in [0.25, 0.3) is 5.91 Å². The van der Waals surface area contributed by atoms with Gasteiger partial charge in [-0.05, 0) is 16.7 Å². The van der Waals surface area contributed by atoms with Gasteiger partial charge in [-0.15, -0.1) is 0 Å². The standard InChI is InChI=1S/C34H31N3O6/c1-43-28(39)22-36-31(40)29-26(18-17-23-11-5-2-6-12-23)37-27(38)21-35(20-25-15-9-4-10-16-25)33(42)34(37,30(29)32(36)41)19-24-13-7-3-8-14-24/h2-18,26,29-30H,19-22H2,1H3/b18-17+/t26-,29+,30-,34-/m1/s1. The molecule has 0 unspecified atom stereocenters. The van der Waals surface area contributed by atoms with Gasteiger partial charge < -0.3 is 14.5 Å². The molecule has 0 aliphatic carbocycles. The van der Waals surface area contributed by atoms with Crippen molar-refractivity contribution in [1.82, 2.24) is 14.7 Å². The number of ether oxygens (including phenoxy) is 1. The van der Waals surface area contributed by atoms with E-state index < -0.39 is 53.7 Å². The maximum absolute atomic E-state index is 14.8.